The number of halogens is 1. The van der Waals surface area contributed by atoms with Gasteiger partial charge < -0.3 is 10.1 Å². The maximum atomic E-state index is 13.9. The number of amides is 1. The minimum absolute atomic E-state index is 0.206. The molecule has 1 saturated heterocycles. The van der Waals surface area contributed by atoms with Gasteiger partial charge in [-0.3, -0.25) is 9.88 Å². The van der Waals surface area contributed by atoms with Crippen molar-refractivity contribution >= 4 is 35.1 Å². The smallest absolute Gasteiger partial charge is 0.415 e. The van der Waals surface area contributed by atoms with Crippen LogP contribution in [0.4, 0.5) is 14.9 Å². The van der Waals surface area contributed by atoms with E-state index in [1.54, 1.807) is 47.6 Å². The van der Waals surface area contributed by atoms with Crippen molar-refractivity contribution < 1.29 is 13.9 Å². The molecule has 1 atom stereocenters. The summed E-state index contributed by atoms with van der Waals surface area (Å²) in [5, 5.41) is 2.78. The fraction of sp³-hybridized carbons (Fsp3) is 0.0870. The fourth-order valence-electron chi connectivity index (χ4n) is 3.23. The highest BCUT2D eigenvalue weighted by atomic mass is 32.1. The minimum Gasteiger partial charge on any atom is -0.447 e. The molecular weight excluding hydrogens is 401 g/mol. The van der Waals surface area contributed by atoms with Gasteiger partial charge >= 0.3 is 6.09 Å². The second kappa shape index (κ2) is 8.84. The van der Waals surface area contributed by atoms with Gasteiger partial charge in [-0.25, -0.2) is 9.18 Å². The van der Waals surface area contributed by atoms with Gasteiger partial charge in [0.05, 0.1) is 17.9 Å². The molecule has 7 heteroatoms. The van der Waals surface area contributed by atoms with Gasteiger partial charge in [-0.2, -0.15) is 0 Å². The number of hydrogen-bond donors (Lipinski definition) is 1. The lowest BCUT2D eigenvalue weighted by Gasteiger charge is -2.23. The molecule has 1 aliphatic heterocycles. The number of benzene rings is 2. The van der Waals surface area contributed by atoms with E-state index in [1.165, 1.54) is 6.07 Å². The predicted octanol–water partition coefficient (Wildman–Crippen LogP) is 4.66. The van der Waals surface area contributed by atoms with E-state index in [0.717, 1.165) is 5.56 Å². The summed E-state index contributed by atoms with van der Waals surface area (Å²) >= 11 is 5.23. The average Bonchev–Trinajstić information content (AvgIpc) is 3.16. The van der Waals surface area contributed by atoms with E-state index in [2.05, 4.69) is 16.5 Å². The van der Waals surface area contributed by atoms with E-state index < -0.39 is 11.9 Å². The standard InChI is InChI=1S/C23H17FN3O2S/c24-19-9-5-4-8-18(19)22(30)26-13-10-17-14-25-12-11-20(17)27-21(15-29-23(27)28)16-6-2-1-3-7-16/h1-12,14,21H,15H2,(H,26,30)/t21-/m0/s1. The Hall–Kier alpha value is -3.58. The van der Waals surface area contributed by atoms with Crippen LogP contribution in [0.2, 0.25) is 0 Å². The maximum Gasteiger partial charge on any atom is 0.415 e. The Morgan fingerprint density at radius 1 is 1.20 bits per heavy atom. The van der Waals surface area contributed by atoms with Crippen LogP contribution in [0, 0.1) is 12.0 Å². The molecule has 1 fully saturated rings. The molecule has 0 aliphatic carbocycles. The van der Waals surface area contributed by atoms with Crippen molar-refractivity contribution in [2.24, 2.45) is 0 Å². The fourth-order valence-corrected chi connectivity index (χ4v) is 3.45. The molecule has 5 nitrogen and oxygen atoms in total. The minimum atomic E-state index is -0.431. The van der Waals surface area contributed by atoms with E-state index in [-0.39, 0.29) is 23.2 Å². The Kier molecular flexibility index (Phi) is 5.81. The maximum absolute atomic E-state index is 13.9. The topological polar surface area (TPSA) is 54.5 Å². The zero-order valence-corrected chi connectivity index (χ0v) is 16.6. The lowest BCUT2D eigenvalue weighted by atomic mass is 10.1. The second-order valence-electron chi connectivity index (χ2n) is 6.53. The summed E-state index contributed by atoms with van der Waals surface area (Å²) in [5.41, 5.74) is 2.53. The molecule has 149 valence electrons. The van der Waals surface area contributed by atoms with Crippen molar-refractivity contribution in [3.8, 4) is 0 Å². The summed E-state index contributed by atoms with van der Waals surface area (Å²) in [4.78, 5) is 18.4. The molecule has 2 heterocycles. The predicted molar refractivity (Wildman–Crippen MR) is 116 cm³/mol. The summed E-state index contributed by atoms with van der Waals surface area (Å²) in [5.74, 6) is -0.413. The van der Waals surface area contributed by atoms with Crippen LogP contribution in [0.5, 0.6) is 0 Å². The van der Waals surface area contributed by atoms with Crippen LogP contribution < -0.4 is 10.2 Å². The number of nitrogens with one attached hydrogen (secondary N) is 1. The highest BCUT2D eigenvalue weighted by Crippen LogP contribution is 2.35. The second-order valence-corrected chi connectivity index (χ2v) is 6.94. The van der Waals surface area contributed by atoms with E-state index in [1.807, 2.05) is 30.3 Å². The van der Waals surface area contributed by atoms with Crippen LogP contribution in [0.15, 0.2) is 73.1 Å². The summed E-state index contributed by atoms with van der Waals surface area (Å²) in [6, 6.07) is 17.4. The molecule has 1 aromatic heterocycles. The van der Waals surface area contributed by atoms with Crippen molar-refractivity contribution in [3.05, 3.63) is 102 Å². The van der Waals surface area contributed by atoms with Gasteiger partial charge in [-0.1, -0.05) is 54.7 Å². The first-order valence-electron chi connectivity index (χ1n) is 9.23. The zero-order valence-electron chi connectivity index (χ0n) is 15.8. The Labute approximate surface area is 178 Å². The molecule has 0 bridgehead atoms. The van der Waals surface area contributed by atoms with Crippen LogP contribution >= 0.6 is 12.2 Å². The number of rotatable bonds is 5. The highest BCUT2D eigenvalue weighted by molar-refractivity contribution is 7.80. The Morgan fingerprint density at radius 2 is 1.97 bits per heavy atom. The lowest BCUT2D eigenvalue weighted by Crippen LogP contribution is -2.28. The molecule has 3 aromatic rings. The summed E-state index contributed by atoms with van der Waals surface area (Å²) in [6.07, 6.45) is 7.27. The molecule has 1 aliphatic rings. The zero-order chi connectivity index (χ0) is 20.9. The molecule has 1 amide bonds. The molecule has 0 unspecified atom stereocenters. The van der Waals surface area contributed by atoms with Gasteiger partial charge in [0, 0.05) is 23.5 Å². The number of hydrogen-bond acceptors (Lipinski definition) is 4. The monoisotopic (exact) mass is 418 g/mol. The molecule has 0 saturated carbocycles. The molecule has 2 aromatic carbocycles. The Balaban J connectivity index is 1.58. The van der Waals surface area contributed by atoms with Gasteiger partial charge in [-0.05, 0) is 29.8 Å². The molecule has 0 spiro atoms. The first-order valence-corrected chi connectivity index (χ1v) is 9.64. The van der Waals surface area contributed by atoms with Gasteiger partial charge in [0.25, 0.3) is 0 Å². The number of anilines is 1. The number of carbonyl (C=O) groups excluding carboxylic acids is 1. The first-order chi connectivity index (χ1) is 14.6. The third-order valence-corrected chi connectivity index (χ3v) is 5.00. The van der Waals surface area contributed by atoms with E-state index in [0.29, 0.717) is 11.3 Å². The van der Waals surface area contributed by atoms with Crippen molar-refractivity contribution in [2.45, 2.75) is 6.04 Å². The molecule has 30 heavy (non-hydrogen) atoms. The average molecular weight is 418 g/mol. The first kappa shape index (κ1) is 19.7. The number of nitrogens with zero attached hydrogens (tertiary/aromatic N) is 2. The number of cyclic esters (lactones) is 1. The van der Waals surface area contributed by atoms with Crippen LogP contribution in [-0.2, 0) is 4.74 Å². The van der Waals surface area contributed by atoms with Crippen molar-refractivity contribution in [1.29, 1.82) is 0 Å². The summed E-state index contributed by atoms with van der Waals surface area (Å²) in [6.45, 7) is 0.258. The van der Waals surface area contributed by atoms with Crippen molar-refractivity contribution in [3.63, 3.8) is 0 Å². The highest BCUT2D eigenvalue weighted by Gasteiger charge is 2.36. The third-order valence-electron chi connectivity index (χ3n) is 4.68. The van der Waals surface area contributed by atoms with Crippen molar-refractivity contribution in [1.82, 2.24) is 10.3 Å². The van der Waals surface area contributed by atoms with E-state index in [9.17, 15) is 9.18 Å². The number of carbonyl (C=O) groups is 1. The SMILES string of the molecule is O=C1OC[C@@H](c2ccccc2)N1c1ccncc1/C=[C]/NC(=S)c1ccccc1F. The number of ether oxygens (including phenoxy) is 1. The van der Waals surface area contributed by atoms with E-state index >= 15 is 0 Å². The van der Waals surface area contributed by atoms with Gasteiger partial charge in [0.15, 0.2) is 0 Å². The number of pyridine rings is 1. The largest absolute Gasteiger partial charge is 0.447 e. The van der Waals surface area contributed by atoms with Crippen LogP contribution in [0.3, 0.4) is 0 Å². The van der Waals surface area contributed by atoms with Gasteiger partial charge in [-0.15, -0.1) is 0 Å². The number of aromatic nitrogens is 1. The Morgan fingerprint density at radius 3 is 2.77 bits per heavy atom. The third kappa shape index (κ3) is 4.06. The van der Waals surface area contributed by atoms with Crippen LogP contribution in [-0.4, -0.2) is 22.7 Å². The number of thiocarbonyl (C=S) groups is 1. The normalized spacial score (nSPS) is 16.0. The van der Waals surface area contributed by atoms with Crippen LogP contribution in [0.25, 0.3) is 6.08 Å². The van der Waals surface area contributed by atoms with Crippen molar-refractivity contribution in [2.75, 3.05) is 11.5 Å². The summed E-state index contributed by atoms with van der Waals surface area (Å²) in [7, 11) is 0. The Bertz CT molecular complexity index is 1100. The van der Waals surface area contributed by atoms with Crippen LogP contribution in [0.1, 0.15) is 22.7 Å². The quantitative estimate of drug-likeness (QED) is 0.483. The molecule has 4 rings (SSSR count). The summed E-state index contributed by atoms with van der Waals surface area (Å²) < 4.78 is 19.2. The molecule has 1 radical (unpaired) electrons. The van der Waals surface area contributed by atoms with E-state index in [4.69, 9.17) is 17.0 Å². The molecule has 1 N–H and O–H groups in total. The van der Waals surface area contributed by atoms with Gasteiger partial charge in [0.1, 0.15) is 17.4 Å². The lowest BCUT2D eigenvalue weighted by molar-refractivity contribution is 0.179. The molecular formula is C23H17FN3O2S. The van der Waals surface area contributed by atoms with Gasteiger partial charge in [0.2, 0.25) is 0 Å².